The fraction of sp³-hybridized carbons (Fsp3) is 0.432. The summed E-state index contributed by atoms with van der Waals surface area (Å²) in [5, 5.41) is 18.1. The highest BCUT2D eigenvalue weighted by molar-refractivity contribution is 7.22. The lowest BCUT2D eigenvalue weighted by Crippen LogP contribution is -2.61. The predicted molar refractivity (Wildman–Crippen MR) is 188 cm³/mol. The van der Waals surface area contributed by atoms with Crippen molar-refractivity contribution < 1.29 is 19.4 Å². The van der Waals surface area contributed by atoms with E-state index in [1.54, 1.807) is 11.3 Å². The van der Waals surface area contributed by atoms with Crippen LogP contribution in [0.2, 0.25) is 5.02 Å². The molecule has 2 aromatic heterocycles. The number of halogens is 1. The van der Waals surface area contributed by atoms with Crippen LogP contribution in [0.3, 0.4) is 0 Å². The maximum atomic E-state index is 12.7. The minimum absolute atomic E-state index is 0.170. The Labute approximate surface area is 284 Å². The number of likely N-dealkylation sites (tertiary alicyclic amines) is 1. The van der Waals surface area contributed by atoms with E-state index in [-0.39, 0.29) is 5.54 Å². The molecule has 5 aromatic rings. The Hall–Kier alpha value is -3.34. The molecule has 10 heteroatoms. The standard InChI is InChI=1S/C37H41ClN4O4S/c1-21-17-27-33(30(22-7-10-25(38)11-8-22)29(21)32(35(43)44)46-36(2,3)4)47-34(39-27)24-9-12-28-26(18-24)31(40-41(28)6)23-13-15-42(16-14-23)37(5)19-45-20-37/h7-12,17-18,23,32H,13-16,19-20H2,1-6H3,(H,43,44). The van der Waals surface area contributed by atoms with E-state index in [4.69, 9.17) is 31.2 Å². The summed E-state index contributed by atoms with van der Waals surface area (Å²) in [6.45, 7) is 13.6. The molecule has 2 aliphatic rings. The van der Waals surface area contributed by atoms with E-state index in [9.17, 15) is 9.90 Å². The third-order valence-electron chi connectivity index (χ3n) is 9.62. The van der Waals surface area contributed by atoms with E-state index in [2.05, 4.69) is 30.0 Å². The topological polar surface area (TPSA) is 89.7 Å². The Bertz CT molecular complexity index is 1980. The summed E-state index contributed by atoms with van der Waals surface area (Å²) in [6, 6.07) is 16.0. The van der Waals surface area contributed by atoms with Crippen LogP contribution in [0.1, 0.15) is 69.4 Å². The zero-order chi connectivity index (χ0) is 33.2. The van der Waals surface area contributed by atoms with Gasteiger partial charge in [-0.2, -0.15) is 5.10 Å². The zero-order valence-corrected chi connectivity index (χ0v) is 29.3. The van der Waals surface area contributed by atoms with Crippen LogP contribution in [-0.4, -0.2) is 68.2 Å². The molecule has 4 heterocycles. The number of fused-ring (bicyclic) bond motifs is 2. The second-order valence-electron chi connectivity index (χ2n) is 14.3. The van der Waals surface area contributed by atoms with E-state index in [0.29, 0.717) is 16.5 Å². The van der Waals surface area contributed by atoms with Gasteiger partial charge >= 0.3 is 5.97 Å². The van der Waals surface area contributed by atoms with Crippen molar-refractivity contribution in [2.45, 2.75) is 70.6 Å². The lowest BCUT2D eigenvalue weighted by Gasteiger charge is -2.49. The van der Waals surface area contributed by atoms with Crippen LogP contribution in [0.5, 0.6) is 0 Å². The lowest BCUT2D eigenvalue weighted by atomic mass is 9.87. The van der Waals surface area contributed by atoms with Gasteiger partial charge in [0.25, 0.3) is 0 Å². The van der Waals surface area contributed by atoms with E-state index >= 15 is 0 Å². The molecule has 0 bridgehead atoms. The molecule has 2 aliphatic heterocycles. The molecule has 0 radical (unpaired) electrons. The number of aromatic nitrogens is 3. The van der Waals surface area contributed by atoms with Crippen LogP contribution < -0.4 is 0 Å². The number of ether oxygens (including phenoxy) is 2. The first-order valence-electron chi connectivity index (χ1n) is 16.2. The molecular weight excluding hydrogens is 632 g/mol. The monoisotopic (exact) mass is 672 g/mol. The molecule has 0 spiro atoms. The Morgan fingerprint density at radius 3 is 2.40 bits per heavy atom. The number of nitrogens with zero attached hydrogens (tertiary/aromatic N) is 4. The SMILES string of the molecule is Cc1cc2nc(-c3ccc4c(c3)c(C3CCN(C5(C)COC5)CC3)nn4C)sc2c(-c2ccc(Cl)cc2)c1C(OC(C)(C)C)C(=O)O. The van der Waals surface area contributed by atoms with Crippen molar-refractivity contribution in [1.29, 1.82) is 0 Å². The predicted octanol–water partition coefficient (Wildman–Crippen LogP) is 8.39. The molecule has 246 valence electrons. The van der Waals surface area contributed by atoms with Crippen molar-refractivity contribution in [2.24, 2.45) is 7.05 Å². The quantitative estimate of drug-likeness (QED) is 0.186. The average Bonchev–Trinajstić information content (AvgIpc) is 3.58. The minimum Gasteiger partial charge on any atom is -0.479 e. The lowest BCUT2D eigenvalue weighted by molar-refractivity contribution is -0.160. The molecule has 7 rings (SSSR count). The minimum atomic E-state index is -1.16. The largest absolute Gasteiger partial charge is 0.479 e. The van der Waals surface area contributed by atoms with Gasteiger partial charge in [0.05, 0.1) is 45.8 Å². The second-order valence-corrected chi connectivity index (χ2v) is 15.7. The van der Waals surface area contributed by atoms with Crippen molar-refractivity contribution in [3.05, 3.63) is 70.4 Å². The average molecular weight is 673 g/mol. The first-order valence-corrected chi connectivity index (χ1v) is 17.4. The summed E-state index contributed by atoms with van der Waals surface area (Å²) in [7, 11) is 2.02. The molecular formula is C37H41ClN4O4S. The number of rotatable bonds is 7. The van der Waals surface area contributed by atoms with Crippen LogP contribution in [0, 0.1) is 6.92 Å². The Balaban J connectivity index is 1.32. The van der Waals surface area contributed by atoms with Crippen molar-refractivity contribution in [3.8, 4) is 21.7 Å². The summed E-state index contributed by atoms with van der Waals surface area (Å²) >= 11 is 7.86. The molecule has 1 unspecified atom stereocenters. The molecule has 2 saturated heterocycles. The van der Waals surface area contributed by atoms with Crippen LogP contribution >= 0.6 is 22.9 Å². The van der Waals surface area contributed by atoms with Crippen LogP contribution in [0.4, 0.5) is 0 Å². The highest BCUT2D eigenvalue weighted by atomic mass is 35.5. The zero-order valence-electron chi connectivity index (χ0n) is 27.8. The first kappa shape index (κ1) is 32.2. The van der Waals surface area contributed by atoms with Crippen molar-refractivity contribution in [1.82, 2.24) is 19.7 Å². The van der Waals surface area contributed by atoms with Gasteiger partial charge in [0, 0.05) is 40.1 Å². The maximum absolute atomic E-state index is 12.7. The molecule has 1 atom stereocenters. The first-order chi connectivity index (χ1) is 22.3. The summed E-state index contributed by atoms with van der Waals surface area (Å²) in [4.78, 5) is 20.4. The number of hydrogen-bond acceptors (Lipinski definition) is 7. The summed E-state index contributed by atoms with van der Waals surface area (Å²) in [6.07, 6.45) is 0.984. The van der Waals surface area contributed by atoms with Gasteiger partial charge in [0.15, 0.2) is 6.10 Å². The molecule has 47 heavy (non-hydrogen) atoms. The molecule has 0 amide bonds. The van der Waals surface area contributed by atoms with Gasteiger partial charge in [-0.3, -0.25) is 9.58 Å². The summed E-state index contributed by atoms with van der Waals surface area (Å²) in [5.41, 5.74) is 6.74. The summed E-state index contributed by atoms with van der Waals surface area (Å²) in [5.74, 6) is -0.638. The number of hydrogen-bond donors (Lipinski definition) is 1. The van der Waals surface area contributed by atoms with Gasteiger partial charge in [-0.1, -0.05) is 23.7 Å². The van der Waals surface area contributed by atoms with Gasteiger partial charge < -0.3 is 14.6 Å². The highest BCUT2D eigenvalue weighted by Crippen LogP contribution is 2.45. The third-order valence-corrected chi connectivity index (χ3v) is 11.0. The number of benzene rings is 3. The number of piperidine rings is 1. The summed E-state index contributed by atoms with van der Waals surface area (Å²) < 4.78 is 14.6. The number of carboxylic acids is 1. The number of aryl methyl sites for hydroxylation is 2. The molecule has 3 aromatic carbocycles. The van der Waals surface area contributed by atoms with Crippen molar-refractivity contribution >= 4 is 50.0 Å². The van der Waals surface area contributed by atoms with E-state index in [1.807, 2.05) is 69.8 Å². The molecule has 1 N–H and O–H groups in total. The van der Waals surface area contributed by atoms with Crippen LogP contribution in [0.15, 0.2) is 48.5 Å². The second kappa shape index (κ2) is 12.0. The van der Waals surface area contributed by atoms with Gasteiger partial charge in [-0.15, -0.1) is 11.3 Å². The molecule has 2 fully saturated rings. The van der Waals surface area contributed by atoms with Crippen LogP contribution in [-0.2, 0) is 21.3 Å². The number of carbonyl (C=O) groups is 1. The van der Waals surface area contributed by atoms with Gasteiger partial charge in [0.1, 0.15) is 5.01 Å². The Morgan fingerprint density at radius 1 is 1.11 bits per heavy atom. The maximum Gasteiger partial charge on any atom is 0.337 e. The highest BCUT2D eigenvalue weighted by Gasteiger charge is 2.41. The van der Waals surface area contributed by atoms with Crippen molar-refractivity contribution in [2.75, 3.05) is 26.3 Å². The number of aliphatic carboxylic acids is 1. The van der Waals surface area contributed by atoms with Gasteiger partial charge in [0.2, 0.25) is 0 Å². The number of thiazole rings is 1. The van der Waals surface area contributed by atoms with Crippen molar-refractivity contribution in [3.63, 3.8) is 0 Å². The third kappa shape index (κ3) is 5.97. The fourth-order valence-corrected chi connectivity index (χ4v) is 8.41. The van der Waals surface area contributed by atoms with E-state index in [0.717, 1.165) is 87.8 Å². The molecule has 0 saturated carbocycles. The Morgan fingerprint density at radius 2 is 1.79 bits per heavy atom. The molecule has 0 aliphatic carbocycles. The smallest absolute Gasteiger partial charge is 0.337 e. The normalized spacial score (nSPS) is 18.1. The Kier molecular flexibility index (Phi) is 8.20. The number of carboxylic acid groups (broad SMARTS) is 1. The fourth-order valence-electron chi connectivity index (χ4n) is 7.16. The van der Waals surface area contributed by atoms with E-state index < -0.39 is 17.7 Å². The van der Waals surface area contributed by atoms with Crippen LogP contribution in [0.25, 0.3) is 42.8 Å². The molecule has 8 nitrogen and oxygen atoms in total. The van der Waals surface area contributed by atoms with Gasteiger partial charge in [-0.05, 0) is 108 Å². The van der Waals surface area contributed by atoms with Gasteiger partial charge in [-0.25, -0.2) is 9.78 Å². The van der Waals surface area contributed by atoms with E-state index in [1.165, 1.54) is 5.39 Å².